The summed E-state index contributed by atoms with van der Waals surface area (Å²) in [7, 11) is 0. The van der Waals surface area contributed by atoms with Crippen molar-refractivity contribution in [2.24, 2.45) is 0 Å². The van der Waals surface area contributed by atoms with E-state index in [9.17, 15) is 4.39 Å². The largest absolute Gasteiger partial charge is 0.485 e. The molecule has 1 saturated heterocycles. The molecular weight excluding hydrogens is 457 g/mol. The van der Waals surface area contributed by atoms with Crippen LogP contribution in [0.2, 0.25) is 5.02 Å². The molecule has 0 radical (unpaired) electrons. The molecule has 0 saturated carbocycles. The van der Waals surface area contributed by atoms with Crippen molar-refractivity contribution in [3.8, 4) is 11.5 Å². The molecule has 0 bridgehead atoms. The van der Waals surface area contributed by atoms with Gasteiger partial charge < -0.3 is 19.5 Å². The van der Waals surface area contributed by atoms with Crippen molar-refractivity contribution in [2.75, 3.05) is 18.5 Å². The van der Waals surface area contributed by atoms with E-state index in [1.54, 1.807) is 6.07 Å². The normalized spacial score (nSPS) is 15.8. The molecule has 34 heavy (non-hydrogen) atoms. The van der Waals surface area contributed by atoms with Crippen LogP contribution in [0.25, 0.3) is 10.9 Å². The van der Waals surface area contributed by atoms with Crippen molar-refractivity contribution >= 4 is 34.0 Å². The topological polar surface area (TPSA) is 65.5 Å². The van der Waals surface area contributed by atoms with Gasteiger partial charge in [0.1, 0.15) is 30.7 Å². The quantitative estimate of drug-likeness (QED) is 0.335. The third-order valence-corrected chi connectivity index (χ3v) is 5.82. The number of hydrogen-bond acceptors (Lipinski definition) is 6. The number of rotatable bonds is 7. The number of nitrogens with one attached hydrogen (secondary N) is 1. The number of anilines is 2. The Hall–Kier alpha value is -3.42. The van der Waals surface area contributed by atoms with E-state index in [-0.39, 0.29) is 11.1 Å². The van der Waals surface area contributed by atoms with Crippen molar-refractivity contribution in [1.82, 2.24) is 9.97 Å². The van der Waals surface area contributed by atoms with Crippen LogP contribution in [-0.2, 0) is 11.3 Å². The van der Waals surface area contributed by atoms with E-state index >= 15 is 0 Å². The predicted molar refractivity (Wildman–Crippen MR) is 129 cm³/mol. The maximum absolute atomic E-state index is 13.6. The fourth-order valence-electron chi connectivity index (χ4n) is 3.80. The van der Waals surface area contributed by atoms with Crippen LogP contribution in [0.5, 0.6) is 11.5 Å². The molecule has 0 spiro atoms. The van der Waals surface area contributed by atoms with Gasteiger partial charge >= 0.3 is 0 Å². The van der Waals surface area contributed by atoms with Crippen molar-refractivity contribution in [3.05, 3.63) is 83.4 Å². The highest BCUT2D eigenvalue weighted by Crippen LogP contribution is 2.37. The first-order valence-corrected chi connectivity index (χ1v) is 11.5. The minimum atomic E-state index is -0.481. The molecule has 1 fully saturated rings. The van der Waals surface area contributed by atoms with Crippen LogP contribution in [0, 0.1) is 5.82 Å². The van der Waals surface area contributed by atoms with Crippen LogP contribution >= 0.6 is 11.6 Å². The van der Waals surface area contributed by atoms with Crippen molar-refractivity contribution in [1.29, 1.82) is 0 Å². The van der Waals surface area contributed by atoms with Crippen LogP contribution in [0.3, 0.4) is 0 Å². The molecular formula is C26H23ClFN3O3. The third kappa shape index (κ3) is 5.21. The van der Waals surface area contributed by atoms with Gasteiger partial charge in [-0.1, -0.05) is 41.9 Å². The Labute approximate surface area is 201 Å². The molecule has 4 aromatic rings. The zero-order chi connectivity index (χ0) is 23.3. The molecule has 1 atom stereocenters. The molecule has 0 unspecified atom stereocenters. The first-order valence-electron chi connectivity index (χ1n) is 11.1. The van der Waals surface area contributed by atoms with E-state index in [2.05, 4.69) is 15.3 Å². The molecule has 1 aromatic heterocycles. The standard InChI is InChI=1S/C26H23ClFN3O3/c27-21-11-18(8-9-22(21)28)31-26-20-12-25(34-19-7-4-10-32-15-19)24(13-23(20)29-16-30-26)33-14-17-5-2-1-3-6-17/h1-3,5-6,8-9,11-13,16,19H,4,7,10,14-15H2,(H,29,30,31)/t19-/m0/s1. The first kappa shape index (κ1) is 22.4. The van der Waals surface area contributed by atoms with Crippen LogP contribution < -0.4 is 14.8 Å². The van der Waals surface area contributed by atoms with E-state index in [0.717, 1.165) is 30.4 Å². The molecule has 0 aliphatic carbocycles. The Balaban J connectivity index is 1.49. The highest BCUT2D eigenvalue weighted by Gasteiger charge is 2.20. The first-order chi connectivity index (χ1) is 16.7. The SMILES string of the molecule is Fc1ccc(Nc2ncnc3cc(OCc4ccccc4)c(O[C@H]4CCCOC4)cc23)cc1Cl. The predicted octanol–water partition coefficient (Wildman–Crippen LogP) is 6.30. The molecule has 1 aliphatic rings. The van der Waals surface area contributed by atoms with E-state index in [4.69, 9.17) is 25.8 Å². The number of hydrogen-bond donors (Lipinski definition) is 1. The summed E-state index contributed by atoms with van der Waals surface area (Å²) in [5, 5.41) is 3.97. The van der Waals surface area contributed by atoms with E-state index in [1.807, 2.05) is 42.5 Å². The lowest BCUT2D eigenvalue weighted by atomic mass is 10.1. The van der Waals surface area contributed by atoms with Gasteiger partial charge in [-0.2, -0.15) is 0 Å². The summed E-state index contributed by atoms with van der Waals surface area (Å²) >= 11 is 5.94. The fourth-order valence-corrected chi connectivity index (χ4v) is 3.98. The molecule has 1 N–H and O–H groups in total. The van der Waals surface area contributed by atoms with E-state index < -0.39 is 5.82 Å². The number of nitrogens with zero attached hydrogens (tertiary/aromatic N) is 2. The lowest BCUT2D eigenvalue weighted by molar-refractivity contribution is 0.00617. The highest BCUT2D eigenvalue weighted by atomic mass is 35.5. The second-order valence-corrected chi connectivity index (χ2v) is 8.43. The smallest absolute Gasteiger partial charge is 0.163 e. The molecule has 0 amide bonds. The Morgan fingerprint density at radius 3 is 2.74 bits per heavy atom. The number of aromatic nitrogens is 2. The lowest BCUT2D eigenvalue weighted by Crippen LogP contribution is -2.28. The third-order valence-electron chi connectivity index (χ3n) is 5.53. The van der Waals surface area contributed by atoms with Crippen LogP contribution in [0.15, 0.2) is 67.0 Å². The number of benzene rings is 3. The second kappa shape index (κ2) is 10.2. The van der Waals surface area contributed by atoms with Crippen LogP contribution in [0.1, 0.15) is 18.4 Å². The van der Waals surface area contributed by atoms with Gasteiger partial charge in [0.2, 0.25) is 0 Å². The Morgan fingerprint density at radius 2 is 1.94 bits per heavy atom. The molecule has 1 aliphatic heterocycles. The Bertz CT molecular complexity index is 1280. The monoisotopic (exact) mass is 479 g/mol. The van der Waals surface area contributed by atoms with Crippen molar-refractivity contribution in [2.45, 2.75) is 25.6 Å². The zero-order valence-corrected chi connectivity index (χ0v) is 19.1. The maximum Gasteiger partial charge on any atom is 0.163 e. The minimum Gasteiger partial charge on any atom is -0.485 e. The summed E-state index contributed by atoms with van der Waals surface area (Å²) in [6, 6.07) is 18.1. The number of ether oxygens (including phenoxy) is 3. The summed E-state index contributed by atoms with van der Waals surface area (Å²) in [6.45, 7) is 1.67. The summed E-state index contributed by atoms with van der Waals surface area (Å²) in [4.78, 5) is 8.81. The zero-order valence-electron chi connectivity index (χ0n) is 18.3. The van der Waals surface area contributed by atoms with Crippen molar-refractivity contribution in [3.63, 3.8) is 0 Å². The van der Waals surface area contributed by atoms with E-state index in [1.165, 1.54) is 18.5 Å². The van der Waals surface area contributed by atoms with Gasteiger partial charge in [-0.3, -0.25) is 0 Å². The maximum atomic E-state index is 13.6. The van der Waals surface area contributed by atoms with Gasteiger partial charge in [-0.25, -0.2) is 14.4 Å². The van der Waals surface area contributed by atoms with Crippen molar-refractivity contribution < 1.29 is 18.6 Å². The second-order valence-electron chi connectivity index (χ2n) is 8.02. The number of halogens is 2. The molecule has 2 heterocycles. The molecule has 5 rings (SSSR count). The van der Waals surface area contributed by atoms with Gasteiger partial charge in [0.05, 0.1) is 17.1 Å². The average molecular weight is 480 g/mol. The fraction of sp³-hybridized carbons (Fsp3) is 0.231. The minimum absolute atomic E-state index is 0.0290. The van der Waals surface area contributed by atoms with Gasteiger partial charge in [0.15, 0.2) is 11.5 Å². The average Bonchev–Trinajstić information content (AvgIpc) is 2.87. The van der Waals surface area contributed by atoms with Gasteiger partial charge in [-0.05, 0) is 42.7 Å². The number of fused-ring (bicyclic) bond motifs is 1. The molecule has 6 nitrogen and oxygen atoms in total. The lowest BCUT2D eigenvalue weighted by Gasteiger charge is -2.25. The van der Waals surface area contributed by atoms with Crippen LogP contribution in [-0.4, -0.2) is 29.3 Å². The molecule has 8 heteroatoms. The summed E-state index contributed by atoms with van der Waals surface area (Å²) < 4.78 is 31.6. The highest BCUT2D eigenvalue weighted by molar-refractivity contribution is 6.31. The van der Waals surface area contributed by atoms with Gasteiger partial charge in [0, 0.05) is 23.7 Å². The molecule has 174 valence electrons. The van der Waals surface area contributed by atoms with Gasteiger partial charge in [0.25, 0.3) is 0 Å². The van der Waals surface area contributed by atoms with E-state index in [0.29, 0.717) is 41.7 Å². The van der Waals surface area contributed by atoms with Gasteiger partial charge in [-0.15, -0.1) is 0 Å². The summed E-state index contributed by atoms with van der Waals surface area (Å²) in [5.41, 5.74) is 2.34. The molecule has 3 aromatic carbocycles. The Morgan fingerprint density at radius 1 is 1.06 bits per heavy atom. The summed E-state index contributed by atoms with van der Waals surface area (Å²) in [6.07, 6.45) is 3.24. The summed E-state index contributed by atoms with van der Waals surface area (Å²) in [5.74, 6) is 1.25. The Kier molecular flexibility index (Phi) is 6.74. The van der Waals surface area contributed by atoms with Crippen LogP contribution in [0.4, 0.5) is 15.9 Å².